The van der Waals surface area contributed by atoms with Crippen molar-refractivity contribution < 1.29 is 14.3 Å². The number of amides is 2. The Morgan fingerprint density at radius 2 is 1.88 bits per heavy atom. The van der Waals surface area contributed by atoms with Gasteiger partial charge in [0.15, 0.2) is 0 Å². The van der Waals surface area contributed by atoms with Gasteiger partial charge in [0.05, 0.1) is 35.8 Å². The first-order chi connectivity index (χ1) is 19.9. The molecule has 1 aromatic heterocycles. The molecule has 2 heterocycles. The number of nitrogens with one attached hydrogen (secondary N) is 2. The maximum absolute atomic E-state index is 13.3. The Balaban J connectivity index is 1.27. The number of halogens is 1. The van der Waals surface area contributed by atoms with Crippen LogP contribution in [0.1, 0.15) is 50.8 Å². The van der Waals surface area contributed by atoms with Crippen molar-refractivity contribution in [2.75, 3.05) is 6.61 Å². The predicted molar refractivity (Wildman–Crippen MR) is 157 cm³/mol. The highest BCUT2D eigenvalue weighted by Gasteiger charge is 2.28. The van der Waals surface area contributed by atoms with Crippen LogP contribution in [0.3, 0.4) is 0 Å². The van der Waals surface area contributed by atoms with E-state index in [0.29, 0.717) is 36.6 Å². The highest BCUT2D eigenvalue weighted by atomic mass is 79.9. The van der Waals surface area contributed by atoms with Crippen molar-refractivity contribution >= 4 is 27.7 Å². The summed E-state index contributed by atoms with van der Waals surface area (Å²) in [6, 6.07) is 21.7. The number of carbonyl (C=O) groups excluding carboxylic acids is 2. The van der Waals surface area contributed by atoms with Crippen molar-refractivity contribution in [3.8, 4) is 11.8 Å². The molecular weight excluding hydrogens is 584 g/mol. The average Bonchev–Trinajstić information content (AvgIpc) is 3.43. The fourth-order valence-electron chi connectivity index (χ4n) is 4.88. The Morgan fingerprint density at radius 3 is 2.61 bits per heavy atom. The number of rotatable bonds is 10. The Morgan fingerprint density at radius 1 is 1.12 bits per heavy atom. The van der Waals surface area contributed by atoms with Gasteiger partial charge in [0.25, 0.3) is 5.91 Å². The minimum absolute atomic E-state index is 0.0422. The number of carbonyl (C=O) groups is 2. The maximum Gasteiger partial charge on any atom is 0.255 e. The first kappa shape index (κ1) is 28.1. The minimum atomic E-state index is -0.867. The molecule has 41 heavy (non-hydrogen) atoms. The molecular formula is C31H29BrN6O3. The minimum Gasteiger partial charge on any atom is -0.492 e. The molecule has 4 N–H and O–H groups in total. The molecule has 1 aliphatic heterocycles. The molecule has 0 aliphatic carbocycles. The van der Waals surface area contributed by atoms with Crippen molar-refractivity contribution in [3.63, 3.8) is 0 Å². The number of benzene rings is 3. The van der Waals surface area contributed by atoms with E-state index in [0.717, 1.165) is 33.3 Å². The van der Waals surface area contributed by atoms with Crippen molar-refractivity contribution in [2.24, 2.45) is 5.73 Å². The number of aromatic nitrogens is 2. The quantitative estimate of drug-likeness (QED) is 0.248. The van der Waals surface area contributed by atoms with Crippen molar-refractivity contribution in [1.29, 1.82) is 5.26 Å². The van der Waals surface area contributed by atoms with Gasteiger partial charge in [-0.2, -0.15) is 5.26 Å². The summed E-state index contributed by atoms with van der Waals surface area (Å²) < 4.78 is 8.96. The monoisotopic (exact) mass is 612 g/mol. The number of para-hydroxylation sites is 1. The third-order valence-corrected chi connectivity index (χ3v) is 7.61. The van der Waals surface area contributed by atoms with E-state index in [-0.39, 0.29) is 12.5 Å². The van der Waals surface area contributed by atoms with Gasteiger partial charge in [-0.25, -0.2) is 4.98 Å². The normalized spacial score (nSPS) is 14.8. The number of nitriles is 1. The molecule has 3 aromatic carbocycles. The molecule has 0 saturated carbocycles. The second-order valence-corrected chi connectivity index (χ2v) is 10.8. The summed E-state index contributed by atoms with van der Waals surface area (Å²) in [4.78, 5) is 29.8. The van der Waals surface area contributed by atoms with Gasteiger partial charge in [0.1, 0.15) is 11.8 Å². The highest BCUT2D eigenvalue weighted by molar-refractivity contribution is 9.10. The second-order valence-electron chi connectivity index (χ2n) is 9.88. The zero-order valence-electron chi connectivity index (χ0n) is 22.2. The molecule has 0 spiro atoms. The van der Waals surface area contributed by atoms with E-state index in [4.69, 9.17) is 15.7 Å². The number of hydrogen-bond donors (Lipinski definition) is 3. The van der Waals surface area contributed by atoms with Crippen LogP contribution in [0.15, 0.2) is 83.7 Å². The molecule has 0 fully saturated rings. The summed E-state index contributed by atoms with van der Waals surface area (Å²) in [6.45, 7) is 1.64. The summed E-state index contributed by atoms with van der Waals surface area (Å²) in [5, 5.41) is 15.4. The SMILES string of the molecule is N#Cc1ccc(Cn2cncc2CNC2CCOc3c(C(=O)NC(Cc4ccc(Br)cc4)C(N)=O)cccc32)cc1. The lowest BCUT2D eigenvalue weighted by Gasteiger charge is -2.28. The zero-order valence-corrected chi connectivity index (χ0v) is 23.8. The fraction of sp³-hybridized carbons (Fsp3) is 0.226. The molecule has 0 bridgehead atoms. The zero-order chi connectivity index (χ0) is 28.8. The van der Waals surface area contributed by atoms with E-state index in [9.17, 15) is 9.59 Å². The molecule has 4 aromatic rings. The molecule has 0 saturated heterocycles. The molecule has 9 nitrogen and oxygen atoms in total. The van der Waals surface area contributed by atoms with Gasteiger partial charge in [0.2, 0.25) is 5.91 Å². The van der Waals surface area contributed by atoms with E-state index < -0.39 is 17.9 Å². The van der Waals surface area contributed by atoms with Crippen LogP contribution in [0.25, 0.3) is 0 Å². The standard InChI is InChI=1S/C31H29BrN6O3/c32-23-10-8-20(9-11-23)14-28(30(34)39)37-31(40)26-3-1-2-25-27(12-13-41-29(25)26)36-17-24-16-35-19-38(24)18-22-6-4-21(15-33)5-7-22/h1-11,16,19,27-28,36H,12-14,17-18H2,(H2,34,39)(H,37,40). The Hall–Kier alpha value is -4.46. The van der Waals surface area contributed by atoms with Crippen LogP contribution in [0.5, 0.6) is 5.75 Å². The number of fused-ring (bicyclic) bond motifs is 1. The van der Waals surface area contributed by atoms with Gasteiger partial charge >= 0.3 is 0 Å². The lowest BCUT2D eigenvalue weighted by Crippen LogP contribution is -2.46. The topological polar surface area (TPSA) is 135 Å². The second kappa shape index (κ2) is 12.8. The highest BCUT2D eigenvalue weighted by Crippen LogP contribution is 2.35. The lowest BCUT2D eigenvalue weighted by molar-refractivity contribution is -0.119. The van der Waals surface area contributed by atoms with E-state index in [1.807, 2.05) is 66.9 Å². The van der Waals surface area contributed by atoms with Gasteiger partial charge in [-0.15, -0.1) is 0 Å². The molecule has 2 unspecified atom stereocenters. The van der Waals surface area contributed by atoms with E-state index in [1.54, 1.807) is 12.4 Å². The first-order valence-electron chi connectivity index (χ1n) is 13.2. The van der Waals surface area contributed by atoms with Crippen LogP contribution < -0.4 is 21.1 Å². The Kier molecular flexibility index (Phi) is 8.77. The van der Waals surface area contributed by atoms with Gasteiger partial charge in [0, 0.05) is 48.2 Å². The number of imidazole rings is 1. The van der Waals surface area contributed by atoms with Gasteiger partial charge in [-0.05, 0) is 41.5 Å². The number of primary amides is 1. The number of nitrogens with two attached hydrogens (primary N) is 1. The third kappa shape index (κ3) is 6.82. The summed E-state index contributed by atoms with van der Waals surface area (Å²) in [7, 11) is 0. The van der Waals surface area contributed by atoms with Crippen LogP contribution in [0.4, 0.5) is 0 Å². The number of ether oxygens (including phenoxy) is 1. The van der Waals surface area contributed by atoms with Crippen LogP contribution in [0, 0.1) is 11.3 Å². The third-order valence-electron chi connectivity index (χ3n) is 7.08. The molecule has 208 valence electrons. The molecule has 0 radical (unpaired) electrons. The molecule has 5 rings (SSSR count). The summed E-state index contributed by atoms with van der Waals surface area (Å²) in [5.41, 5.74) is 10.5. The van der Waals surface area contributed by atoms with Gasteiger partial charge < -0.3 is 25.7 Å². The molecule has 2 atom stereocenters. The summed E-state index contributed by atoms with van der Waals surface area (Å²) in [6.07, 6.45) is 4.63. The van der Waals surface area contributed by atoms with Gasteiger partial charge in [-0.3, -0.25) is 9.59 Å². The van der Waals surface area contributed by atoms with Gasteiger partial charge in [-0.1, -0.05) is 52.3 Å². The largest absolute Gasteiger partial charge is 0.492 e. The summed E-state index contributed by atoms with van der Waals surface area (Å²) >= 11 is 3.40. The molecule has 10 heteroatoms. The number of hydrogen-bond acceptors (Lipinski definition) is 6. The van der Waals surface area contributed by atoms with Crippen molar-refractivity contribution in [1.82, 2.24) is 20.2 Å². The van der Waals surface area contributed by atoms with Crippen LogP contribution in [0.2, 0.25) is 0 Å². The Labute approximate surface area is 246 Å². The van der Waals surface area contributed by atoms with Crippen molar-refractivity contribution in [3.05, 3.63) is 117 Å². The Bertz CT molecular complexity index is 1580. The lowest BCUT2D eigenvalue weighted by atomic mass is 9.96. The predicted octanol–water partition coefficient (Wildman–Crippen LogP) is 4.01. The van der Waals surface area contributed by atoms with Crippen LogP contribution in [-0.4, -0.2) is 34.0 Å². The fourth-order valence-corrected chi connectivity index (χ4v) is 5.14. The smallest absolute Gasteiger partial charge is 0.255 e. The average molecular weight is 614 g/mol. The first-order valence-corrected chi connectivity index (χ1v) is 14.0. The van der Waals surface area contributed by atoms with E-state index >= 15 is 0 Å². The molecule has 1 aliphatic rings. The van der Waals surface area contributed by atoms with Crippen LogP contribution >= 0.6 is 15.9 Å². The molecule has 2 amide bonds. The maximum atomic E-state index is 13.3. The summed E-state index contributed by atoms with van der Waals surface area (Å²) in [5.74, 6) is -0.514. The number of nitrogens with zero attached hydrogens (tertiary/aromatic N) is 3. The van der Waals surface area contributed by atoms with Crippen LogP contribution in [-0.2, 0) is 24.3 Å². The van der Waals surface area contributed by atoms with Crippen molar-refractivity contribution in [2.45, 2.75) is 38.0 Å². The van der Waals surface area contributed by atoms with E-state index in [1.165, 1.54) is 0 Å². The van der Waals surface area contributed by atoms with E-state index in [2.05, 4.69) is 42.2 Å².